The SMILES string of the molecule is C1CCCCCC(B2C3CCCCCCCCCC3C(C3CCCCCCCC3)C3CCCCCCCCC23)CCCC1. The molecule has 248 valence electrons. The molecule has 5 unspecified atom stereocenters. The van der Waals surface area contributed by atoms with Gasteiger partial charge in [-0.1, -0.05) is 242 Å². The van der Waals surface area contributed by atoms with E-state index in [0.29, 0.717) is 0 Å². The average Bonchev–Trinajstić information content (AvgIpc) is 3.07. The first-order valence-electron chi connectivity index (χ1n) is 21.4. The highest BCUT2D eigenvalue weighted by Gasteiger charge is 2.54. The molecule has 0 aromatic heterocycles. The maximum Gasteiger partial charge on any atom is 0.150 e. The average molecular weight is 593 g/mol. The number of hydrogen-bond donors (Lipinski definition) is 0. The van der Waals surface area contributed by atoms with Crippen LogP contribution in [0.1, 0.15) is 225 Å². The van der Waals surface area contributed by atoms with Gasteiger partial charge in [-0.05, 0) is 23.7 Å². The van der Waals surface area contributed by atoms with Gasteiger partial charge in [0.25, 0.3) is 0 Å². The van der Waals surface area contributed by atoms with Crippen LogP contribution in [0.4, 0.5) is 0 Å². The van der Waals surface area contributed by atoms with E-state index in [9.17, 15) is 0 Å². The van der Waals surface area contributed by atoms with Crippen molar-refractivity contribution >= 4 is 6.71 Å². The molecule has 0 aromatic rings. The zero-order chi connectivity index (χ0) is 29.4. The summed E-state index contributed by atoms with van der Waals surface area (Å²) in [6, 6.07) is 0. The van der Waals surface area contributed by atoms with E-state index in [1.54, 1.807) is 128 Å². The molecule has 5 atom stereocenters. The number of fused-ring (bicyclic) bond motifs is 2. The van der Waals surface area contributed by atoms with Crippen molar-refractivity contribution in [2.45, 2.75) is 242 Å². The third-order valence-corrected chi connectivity index (χ3v) is 14.4. The lowest BCUT2D eigenvalue weighted by Crippen LogP contribution is -2.51. The molecule has 0 nitrogen and oxygen atoms in total. The van der Waals surface area contributed by atoms with Crippen molar-refractivity contribution in [2.24, 2.45) is 23.7 Å². The van der Waals surface area contributed by atoms with Crippen LogP contribution in [0.15, 0.2) is 0 Å². The fourth-order valence-corrected chi connectivity index (χ4v) is 12.4. The molecule has 0 aromatic carbocycles. The van der Waals surface area contributed by atoms with Gasteiger partial charge in [0, 0.05) is 0 Å². The number of hydrogen-bond acceptors (Lipinski definition) is 0. The summed E-state index contributed by atoms with van der Waals surface area (Å²) in [5, 5.41) is 0. The summed E-state index contributed by atoms with van der Waals surface area (Å²) < 4.78 is 0. The van der Waals surface area contributed by atoms with Gasteiger partial charge in [-0.2, -0.15) is 0 Å². The van der Waals surface area contributed by atoms with Gasteiger partial charge in [-0.25, -0.2) is 0 Å². The Balaban J connectivity index is 1.52. The lowest BCUT2D eigenvalue weighted by atomic mass is 9.18. The smallest absolute Gasteiger partial charge is 0.0617 e. The standard InChI is InChI=1S/C42H77B/c1-2-5-15-23-31-37(30-22-14-4-1)43-40-34-26-18-7-3-6-16-24-32-38(40)42(36-28-20-12-8-9-13-21-29-36)39-33-25-17-10-11-19-27-35-41(39)43/h36-42H,1-35H2. The van der Waals surface area contributed by atoms with Gasteiger partial charge in [0.1, 0.15) is 6.71 Å². The van der Waals surface area contributed by atoms with Crippen LogP contribution in [0.3, 0.4) is 0 Å². The van der Waals surface area contributed by atoms with Crippen molar-refractivity contribution in [1.29, 1.82) is 0 Å². The summed E-state index contributed by atoms with van der Waals surface area (Å²) >= 11 is 0. The van der Waals surface area contributed by atoms with E-state index in [0.717, 1.165) is 47.8 Å². The molecule has 5 fully saturated rings. The predicted octanol–water partition coefficient (Wildman–Crippen LogP) is 14.8. The first kappa shape index (κ1) is 34.4. The highest BCUT2D eigenvalue weighted by atomic mass is 14.5. The third kappa shape index (κ3) is 10.8. The molecule has 4 saturated carbocycles. The van der Waals surface area contributed by atoms with E-state index in [1.807, 2.05) is 0 Å². The molecule has 1 saturated heterocycles. The van der Waals surface area contributed by atoms with Crippen LogP contribution in [0.25, 0.3) is 0 Å². The molecule has 1 heteroatoms. The van der Waals surface area contributed by atoms with E-state index in [4.69, 9.17) is 0 Å². The Hall–Kier alpha value is 0.0649. The van der Waals surface area contributed by atoms with Gasteiger partial charge >= 0.3 is 0 Å². The van der Waals surface area contributed by atoms with E-state index in [1.165, 1.54) is 96.3 Å². The monoisotopic (exact) mass is 593 g/mol. The summed E-state index contributed by atoms with van der Waals surface area (Å²) in [6.45, 7) is 1.09. The van der Waals surface area contributed by atoms with Crippen LogP contribution in [-0.2, 0) is 0 Å². The van der Waals surface area contributed by atoms with Crippen LogP contribution in [0.5, 0.6) is 0 Å². The van der Waals surface area contributed by atoms with E-state index >= 15 is 0 Å². The van der Waals surface area contributed by atoms with Gasteiger partial charge in [0.05, 0.1) is 0 Å². The van der Waals surface area contributed by atoms with Crippen molar-refractivity contribution in [1.82, 2.24) is 0 Å². The Morgan fingerprint density at radius 1 is 0.256 bits per heavy atom. The highest BCUT2D eigenvalue weighted by molar-refractivity contribution is 6.64. The Kier molecular flexibility index (Phi) is 16.3. The molecule has 0 amide bonds. The first-order chi connectivity index (χ1) is 21.4. The molecular formula is C42H77B. The zero-order valence-corrected chi connectivity index (χ0v) is 29.4. The van der Waals surface area contributed by atoms with Crippen molar-refractivity contribution < 1.29 is 0 Å². The molecule has 5 rings (SSSR count). The Morgan fingerprint density at radius 3 is 0.907 bits per heavy atom. The minimum Gasteiger partial charge on any atom is -0.0617 e. The van der Waals surface area contributed by atoms with Gasteiger partial charge in [-0.15, -0.1) is 0 Å². The van der Waals surface area contributed by atoms with Crippen LogP contribution in [0.2, 0.25) is 17.5 Å². The zero-order valence-electron chi connectivity index (χ0n) is 29.4. The fraction of sp³-hybridized carbons (Fsp3) is 1.00. The second-order valence-electron chi connectivity index (χ2n) is 17.2. The second-order valence-corrected chi connectivity index (χ2v) is 17.2. The molecular weight excluding hydrogens is 515 g/mol. The Labute approximate surface area is 271 Å². The van der Waals surface area contributed by atoms with Crippen molar-refractivity contribution in [3.05, 3.63) is 0 Å². The van der Waals surface area contributed by atoms with Gasteiger partial charge in [0.2, 0.25) is 0 Å². The molecule has 43 heavy (non-hydrogen) atoms. The van der Waals surface area contributed by atoms with Crippen LogP contribution >= 0.6 is 0 Å². The van der Waals surface area contributed by atoms with E-state index in [-0.39, 0.29) is 0 Å². The minimum atomic E-state index is 1.06. The minimum absolute atomic E-state index is 1.06. The summed E-state index contributed by atoms with van der Waals surface area (Å²) in [6.07, 6.45) is 54.5. The lowest BCUT2D eigenvalue weighted by molar-refractivity contribution is 0.0734. The van der Waals surface area contributed by atoms with Crippen molar-refractivity contribution in [3.8, 4) is 0 Å². The summed E-state index contributed by atoms with van der Waals surface area (Å²) in [7, 11) is 0. The van der Waals surface area contributed by atoms with Gasteiger partial charge < -0.3 is 0 Å². The van der Waals surface area contributed by atoms with Crippen LogP contribution in [-0.4, -0.2) is 6.71 Å². The Morgan fingerprint density at radius 2 is 0.535 bits per heavy atom. The van der Waals surface area contributed by atoms with Crippen molar-refractivity contribution in [3.63, 3.8) is 0 Å². The normalized spacial score (nSPS) is 35.4. The molecule has 0 N–H and O–H groups in total. The largest absolute Gasteiger partial charge is 0.150 e. The second kappa shape index (κ2) is 20.3. The van der Waals surface area contributed by atoms with Crippen LogP contribution in [0, 0.1) is 23.7 Å². The summed E-state index contributed by atoms with van der Waals surface area (Å²) in [5.74, 6) is 7.54. The first-order valence-corrected chi connectivity index (χ1v) is 21.4. The molecule has 0 spiro atoms. The molecule has 1 heterocycles. The fourth-order valence-electron chi connectivity index (χ4n) is 12.4. The molecule has 5 aliphatic rings. The number of rotatable bonds is 2. The summed E-state index contributed by atoms with van der Waals surface area (Å²) in [4.78, 5) is 0. The van der Waals surface area contributed by atoms with E-state index < -0.39 is 0 Å². The summed E-state index contributed by atoms with van der Waals surface area (Å²) in [5.41, 5.74) is 0. The highest BCUT2D eigenvalue weighted by Crippen LogP contribution is 2.61. The molecule has 4 aliphatic carbocycles. The topological polar surface area (TPSA) is 0 Å². The lowest BCUT2D eigenvalue weighted by Gasteiger charge is -2.56. The molecule has 0 radical (unpaired) electrons. The quantitative estimate of drug-likeness (QED) is 0.280. The van der Waals surface area contributed by atoms with Gasteiger partial charge in [0.15, 0.2) is 0 Å². The maximum absolute atomic E-state index is 1.62. The van der Waals surface area contributed by atoms with E-state index in [2.05, 4.69) is 0 Å². The van der Waals surface area contributed by atoms with Crippen molar-refractivity contribution in [2.75, 3.05) is 0 Å². The Bertz CT molecular complexity index is 679. The van der Waals surface area contributed by atoms with Gasteiger partial charge in [-0.3, -0.25) is 0 Å². The van der Waals surface area contributed by atoms with Crippen LogP contribution < -0.4 is 0 Å². The third-order valence-electron chi connectivity index (χ3n) is 14.4. The maximum atomic E-state index is 1.62. The molecule has 0 bridgehead atoms. The predicted molar refractivity (Wildman–Crippen MR) is 193 cm³/mol. The molecule has 1 aliphatic heterocycles.